The molecule has 20 heteroatoms. The van der Waals surface area contributed by atoms with Crippen molar-refractivity contribution in [2.75, 3.05) is 6.61 Å². The fourth-order valence-electron chi connectivity index (χ4n) is 6.14. The molecule has 0 spiro atoms. The summed E-state index contributed by atoms with van der Waals surface area (Å²) >= 11 is 0. The van der Waals surface area contributed by atoms with E-state index in [1.165, 1.54) is 19.9 Å². The van der Waals surface area contributed by atoms with Gasteiger partial charge in [-0.25, -0.2) is 0 Å². The number of benzene rings is 2. The van der Waals surface area contributed by atoms with E-state index in [4.69, 9.17) is 32.8 Å². The Kier molecular flexibility index (Phi) is 11.1. The molecular weight excluding hydrogens is 716 g/mol. The van der Waals surface area contributed by atoms with Gasteiger partial charge in [-0.05, 0) is 32.0 Å². The predicted octanol–water partition coefficient (Wildman–Crippen LogP) is -3.19. The quantitative estimate of drug-likeness (QED) is 0.101. The van der Waals surface area contributed by atoms with Crippen LogP contribution in [0.25, 0.3) is 22.3 Å². The summed E-state index contributed by atoms with van der Waals surface area (Å²) in [5, 5.41) is 124. The zero-order valence-electron chi connectivity index (χ0n) is 27.9. The first-order valence-corrected chi connectivity index (χ1v) is 16.4. The van der Waals surface area contributed by atoms with E-state index in [0.29, 0.717) is 0 Å². The predicted molar refractivity (Wildman–Crippen MR) is 172 cm³/mol. The van der Waals surface area contributed by atoms with Crippen molar-refractivity contribution in [3.63, 3.8) is 0 Å². The van der Waals surface area contributed by atoms with Crippen molar-refractivity contribution in [3.05, 3.63) is 40.6 Å². The molecule has 3 fully saturated rings. The highest BCUT2D eigenvalue weighted by molar-refractivity contribution is 5.88. The lowest BCUT2D eigenvalue weighted by atomic mass is 9.98. The molecular formula is C33H40O20. The minimum absolute atomic E-state index is 0.0962. The molecule has 3 saturated heterocycles. The molecule has 2 aromatic carbocycles. The van der Waals surface area contributed by atoms with Gasteiger partial charge in [-0.3, -0.25) is 4.79 Å². The minimum atomic E-state index is -2.03. The van der Waals surface area contributed by atoms with Crippen LogP contribution in [0.1, 0.15) is 13.8 Å². The van der Waals surface area contributed by atoms with Crippen molar-refractivity contribution < 1.29 is 94.1 Å². The average Bonchev–Trinajstić information content (AvgIpc) is 3.12. The van der Waals surface area contributed by atoms with Crippen molar-refractivity contribution in [2.24, 2.45) is 0 Å². The second kappa shape index (κ2) is 15.1. The third kappa shape index (κ3) is 7.34. The van der Waals surface area contributed by atoms with Gasteiger partial charge in [0.25, 0.3) is 0 Å². The van der Waals surface area contributed by atoms with Crippen LogP contribution in [0, 0.1) is 0 Å². The first-order valence-electron chi connectivity index (χ1n) is 16.4. The van der Waals surface area contributed by atoms with Crippen molar-refractivity contribution in [1.29, 1.82) is 0 Å². The number of hydrogen-bond acceptors (Lipinski definition) is 20. The summed E-state index contributed by atoms with van der Waals surface area (Å²) in [6.07, 6.45) is -24.0. The molecule has 53 heavy (non-hydrogen) atoms. The van der Waals surface area contributed by atoms with Gasteiger partial charge in [0.05, 0.1) is 18.8 Å². The number of ether oxygens (including phenoxy) is 6. The van der Waals surface area contributed by atoms with E-state index >= 15 is 0 Å². The summed E-state index contributed by atoms with van der Waals surface area (Å²) in [7, 11) is 0. The summed E-state index contributed by atoms with van der Waals surface area (Å²) in [5.74, 6) is -3.42. The minimum Gasteiger partial charge on any atom is -0.507 e. The molecule has 1 aromatic heterocycles. The molecule has 0 aliphatic carbocycles. The zero-order chi connectivity index (χ0) is 38.6. The average molecular weight is 757 g/mol. The second-order valence-electron chi connectivity index (χ2n) is 13.1. The van der Waals surface area contributed by atoms with Gasteiger partial charge in [0.15, 0.2) is 23.5 Å². The van der Waals surface area contributed by atoms with E-state index in [1.807, 2.05) is 0 Å². The molecule has 3 aromatic rings. The molecule has 15 atom stereocenters. The van der Waals surface area contributed by atoms with Gasteiger partial charge < -0.3 is 94.1 Å². The van der Waals surface area contributed by atoms with Crippen LogP contribution in [-0.4, -0.2) is 160 Å². The van der Waals surface area contributed by atoms with E-state index in [-0.39, 0.29) is 16.9 Å². The Hall–Kier alpha value is -3.87. The molecule has 0 saturated carbocycles. The molecule has 20 nitrogen and oxygen atoms in total. The van der Waals surface area contributed by atoms with Gasteiger partial charge in [-0.2, -0.15) is 0 Å². The molecule has 0 radical (unpaired) electrons. The number of phenolic OH excluding ortho intramolecular Hbond substituents is 3. The summed E-state index contributed by atoms with van der Waals surface area (Å²) in [4.78, 5) is 14.0. The van der Waals surface area contributed by atoms with E-state index in [0.717, 1.165) is 24.3 Å². The van der Waals surface area contributed by atoms with Crippen LogP contribution < -0.4 is 14.9 Å². The first kappa shape index (κ1) is 38.8. The molecule has 0 bridgehead atoms. The van der Waals surface area contributed by atoms with Crippen molar-refractivity contribution in [1.82, 2.24) is 0 Å². The van der Waals surface area contributed by atoms with Gasteiger partial charge in [-0.1, -0.05) is 0 Å². The Labute approximate surface area is 298 Å². The highest BCUT2D eigenvalue weighted by Gasteiger charge is 2.48. The topological polar surface area (TPSA) is 328 Å². The smallest absolute Gasteiger partial charge is 0.239 e. The van der Waals surface area contributed by atoms with Crippen LogP contribution in [0.5, 0.6) is 28.7 Å². The zero-order valence-corrected chi connectivity index (χ0v) is 27.9. The number of fused-ring (bicyclic) bond motifs is 1. The van der Waals surface area contributed by atoms with Gasteiger partial charge in [0.2, 0.25) is 23.8 Å². The second-order valence-corrected chi connectivity index (χ2v) is 13.1. The van der Waals surface area contributed by atoms with E-state index < -0.39 is 138 Å². The molecule has 3 aliphatic heterocycles. The van der Waals surface area contributed by atoms with Crippen molar-refractivity contribution in [3.8, 4) is 40.1 Å². The molecule has 292 valence electrons. The van der Waals surface area contributed by atoms with Gasteiger partial charge in [0.1, 0.15) is 83.5 Å². The van der Waals surface area contributed by atoms with Crippen LogP contribution in [-0.2, 0) is 18.9 Å². The number of rotatable bonds is 8. The normalized spacial score (nSPS) is 37.8. The van der Waals surface area contributed by atoms with Crippen LogP contribution in [0.4, 0.5) is 0 Å². The number of hydrogen-bond donors (Lipinski definition) is 12. The Bertz CT molecular complexity index is 1830. The summed E-state index contributed by atoms with van der Waals surface area (Å²) < 4.78 is 39.3. The van der Waals surface area contributed by atoms with E-state index in [1.54, 1.807) is 0 Å². The molecule has 6 rings (SSSR count). The van der Waals surface area contributed by atoms with Gasteiger partial charge >= 0.3 is 0 Å². The Balaban J connectivity index is 1.34. The summed E-state index contributed by atoms with van der Waals surface area (Å²) in [6.45, 7) is 2.18. The maximum absolute atomic E-state index is 14.0. The van der Waals surface area contributed by atoms with E-state index in [9.17, 15) is 66.1 Å². The molecule has 3 aliphatic rings. The molecule has 7 unspecified atom stereocenters. The SMILES string of the molecule is CC1O[C@@H](OCC2O[C@@H](Oc3c(-c4ccc(O)c(O)c4)oc4cc(O[C@@H]5OC(C)[C@H](O)[C@H](O)C5O)cc(O)c4c3=O)C(O)C(O)[C@H]2O)C(O)[C@@H](O)[C@H]1O. The molecule has 4 heterocycles. The van der Waals surface area contributed by atoms with Crippen LogP contribution in [0.3, 0.4) is 0 Å². The number of aliphatic hydroxyl groups is 9. The van der Waals surface area contributed by atoms with Crippen molar-refractivity contribution >= 4 is 11.0 Å². The monoisotopic (exact) mass is 756 g/mol. The molecule has 0 amide bonds. The number of phenols is 3. The summed E-state index contributed by atoms with van der Waals surface area (Å²) in [6, 6.07) is 5.31. The highest BCUT2D eigenvalue weighted by Crippen LogP contribution is 2.40. The number of aromatic hydroxyl groups is 3. The Morgan fingerprint density at radius 3 is 1.79 bits per heavy atom. The van der Waals surface area contributed by atoms with Gasteiger partial charge in [-0.15, -0.1) is 0 Å². The van der Waals surface area contributed by atoms with Crippen LogP contribution in [0.2, 0.25) is 0 Å². The van der Waals surface area contributed by atoms with Crippen LogP contribution >= 0.6 is 0 Å². The van der Waals surface area contributed by atoms with Crippen LogP contribution in [0.15, 0.2) is 39.5 Å². The maximum atomic E-state index is 14.0. The van der Waals surface area contributed by atoms with Gasteiger partial charge in [0, 0.05) is 17.7 Å². The lowest BCUT2D eigenvalue weighted by Gasteiger charge is -2.42. The van der Waals surface area contributed by atoms with E-state index in [2.05, 4.69) is 0 Å². The fourth-order valence-corrected chi connectivity index (χ4v) is 6.14. The number of aliphatic hydroxyl groups excluding tert-OH is 9. The third-order valence-corrected chi connectivity index (χ3v) is 9.34. The first-order chi connectivity index (χ1) is 25.0. The molecule has 12 N–H and O–H groups in total. The Morgan fingerprint density at radius 2 is 1.17 bits per heavy atom. The largest absolute Gasteiger partial charge is 0.507 e. The third-order valence-electron chi connectivity index (χ3n) is 9.34. The summed E-state index contributed by atoms with van der Waals surface area (Å²) in [5.41, 5.74) is -1.55. The highest BCUT2D eigenvalue weighted by atomic mass is 16.7. The van der Waals surface area contributed by atoms with Crippen molar-refractivity contribution in [2.45, 2.75) is 106 Å². The lowest BCUT2D eigenvalue weighted by Crippen LogP contribution is -2.61. The lowest BCUT2D eigenvalue weighted by molar-refractivity contribution is -0.318. The Morgan fingerprint density at radius 1 is 0.604 bits per heavy atom. The fraction of sp³-hybridized carbons (Fsp3) is 0.545. The maximum Gasteiger partial charge on any atom is 0.239 e. The standard InChI is InChI=1S/C33H40O20/c1-9-19(37)23(41)26(44)31(48-9)47-8-17-21(39)25(43)28(46)33(52-17)53-30-22(40)18-15(36)6-12(50-32-27(45)24(42)20(38)10(2)49-32)7-16(18)51-29(30)11-3-4-13(34)14(35)5-11/h3-7,9-10,17,19-21,23-28,31-39,41-46H,8H2,1-2H3/t9?,10?,17?,19-,20-,21-,23-,24-,25?,26?,27?,28?,31+,32-,33-/m0/s1.